The molecule has 3 N–H and O–H groups in total. The molecule has 2 rings (SSSR count). The van der Waals surface area contributed by atoms with E-state index in [0.29, 0.717) is 13.1 Å². The molecule has 0 aliphatic heterocycles. The Bertz CT molecular complexity index is 572. The molecule has 2 aromatic rings. The molecular weight excluding hydrogens is 246 g/mol. The quantitative estimate of drug-likeness (QED) is 0.794. The van der Waals surface area contributed by atoms with Gasteiger partial charge in [0.25, 0.3) is 5.91 Å². The van der Waals surface area contributed by atoms with E-state index in [2.05, 4.69) is 25.6 Å². The van der Waals surface area contributed by atoms with Crippen LogP contribution in [0.2, 0.25) is 0 Å². The van der Waals surface area contributed by atoms with Crippen molar-refractivity contribution < 1.29 is 4.79 Å². The Labute approximate surface area is 110 Å². The van der Waals surface area contributed by atoms with Crippen molar-refractivity contribution in [3.8, 4) is 0 Å². The molecule has 0 atom stereocenters. The van der Waals surface area contributed by atoms with E-state index in [1.54, 1.807) is 0 Å². The van der Waals surface area contributed by atoms with Gasteiger partial charge in [-0.15, -0.1) is 5.10 Å². The minimum absolute atomic E-state index is 0.205. The van der Waals surface area contributed by atoms with Gasteiger partial charge in [0.1, 0.15) is 0 Å². The largest absolute Gasteiger partial charge is 0.329 e. The lowest BCUT2D eigenvalue weighted by Crippen LogP contribution is -2.15. The summed E-state index contributed by atoms with van der Waals surface area (Å²) in [5.74, 6) is -0.135. The molecule has 8 heteroatoms. The standard InChI is InChI=1S/C11H15N7O/c1-7-5-8(2)14-11(13-7)15-10(19)9-6-18(4-3-12)17-16-9/h5-6H,3-4,12H2,1-2H3,(H,13,14,15,19). The maximum absolute atomic E-state index is 11.9. The van der Waals surface area contributed by atoms with Crippen molar-refractivity contribution in [2.45, 2.75) is 20.4 Å². The van der Waals surface area contributed by atoms with Crippen molar-refractivity contribution in [2.24, 2.45) is 5.73 Å². The van der Waals surface area contributed by atoms with Gasteiger partial charge in [-0.1, -0.05) is 5.21 Å². The minimum Gasteiger partial charge on any atom is -0.329 e. The molecule has 0 aliphatic rings. The van der Waals surface area contributed by atoms with Gasteiger partial charge in [0.15, 0.2) is 5.69 Å². The number of rotatable bonds is 4. The normalized spacial score (nSPS) is 10.5. The zero-order valence-corrected chi connectivity index (χ0v) is 10.8. The maximum Gasteiger partial charge on any atom is 0.280 e. The zero-order chi connectivity index (χ0) is 13.8. The molecule has 0 aromatic carbocycles. The highest BCUT2D eigenvalue weighted by Gasteiger charge is 2.12. The van der Waals surface area contributed by atoms with Gasteiger partial charge in [-0.05, 0) is 19.9 Å². The van der Waals surface area contributed by atoms with Crippen molar-refractivity contribution in [2.75, 3.05) is 11.9 Å². The monoisotopic (exact) mass is 261 g/mol. The Hall–Kier alpha value is -2.35. The second-order valence-corrected chi connectivity index (χ2v) is 4.08. The molecule has 8 nitrogen and oxygen atoms in total. The molecule has 0 fully saturated rings. The van der Waals surface area contributed by atoms with Crippen molar-refractivity contribution >= 4 is 11.9 Å². The first-order valence-electron chi connectivity index (χ1n) is 5.82. The Kier molecular flexibility index (Phi) is 3.81. The number of carbonyl (C=O) groups excluding carboxylic acids is 1. The number of amides is 1. The minimum atomic E-state index is -0.395. The van der Waals surface area contributed by atoms with Gasteiger partial charge < -0.3 is 5.73 Å². The van der Waals surface area contributed by atoms with Crippen molar-refractivity contribution in [1.82, 2.24) is 25.0 Å². The number of hydrogen-bond donors (Lipinski definition) is 2. The molecule has 0 unspecified atom stereocenters. The average molecular weight is 261 g/mol. The van der Waals surface area contributed by atoms with E-state index in [1.165, 1.54) is 10.9 Å². The number of anilines is 1. The average Bonchev–Trinajstić information content (AvgIpc) is 2.76. The fraction of sp³-hybridized carbons (Fsp3) is 0.364. The lowest BCUT2D eigenvalue weighted by Gasteiger charge is -2.03. The van der Waals surface area contributed by atoms with Gasteiger partial charge in [-0.2, -0.15) is 0 Å². The summed E-state index contributed by atoms with van der Waals surface area (Å²) in [5.41, 5.74) is 7.17. The van der Waals surface area contributed by atoms with Gasteiger partial charge in [-0.25, -0.2) is 9.97 Å². The SMILES string of the molecule is Cc1cc(C)nc(NC(=O)c2cn(CCN)nn2)n1. The number of nitrogens with zero attached hydrogens (tertiary/aromatic N) is 5. The Morgan fingerprint density at radius 3 is 2.68 bits per heavy atom. The molecule has 0 radical (unpaired) electrons. The van der Waals surface area contributed by atoms with Crippen molar-refractivity contribution in [1.29, 1.82) is 0 Å². The van der Waals surface area contributed by atoms with Crippen molar-refractivity contribution in [3.63, 3.8) is 0 Å². The summed E-state index contributed by atoms with van der Waals surface area (Å²) in [5, 5.41) is 10.1. The number of hydrogen-bond acceptors (Lipinski definition) is 6. The van der Waals surface area contributed by atoms with E-state index in [0.717, 1.165) is 11.4 Å². The van der Waals surface area contributed by atoms with E-state index in [4.69, 9.17) is 5.73 Å². The van der Waals surface area contributed by atoms with Gasteiger partial charge in [0.05, 0.1) is 12.7 Å². The predicted octanol–water partition coefficient (Wildman–Crippen LogP) is -0.104. The third-order valence-corrected chi connectivity index (χ3v) is 2.34. The van der Waals surface area contributed by atoms with Crippen LogP contribution in [0, 0.1) is 13.8 Å². The molecule has 100 valence electrons. The molecule has 19 heavy (non-hydrogen) atoms. The number of aryl methyl sites for hydroxylation is 2. The Morgan fingerprint density at radius 1 is 1.37 bits per heavy atom. The van der Waals surface area contributed by atoms with E-state index in [1.807, 2.05) is 19.9 Å². The zero-order valence-electron chi connectivity index (χ0n) is 10.8. The summed E-state index contributed by atoms with van der Waals surface area (Å²) in [6, 6.07) is 1.83. The predicted molar refractivity (Wildman–Crippen MR) is 68.5 cm³/mol. The second-order valence-electron chi connectivity index (χ2n) is 4.08. The van der Waals surface area contributed by atoms with Crippen LogP contribution in [0.4, 0.5) is 5.95 Å². The van der Waals surface area contributed by atoms with E-state index < -0.39 is 5.91 Å². The Balaban J connectivity index is 2.11. The van der Waals surface area contributed by atoms with E-state index in [9.17, 15) is 4.79 Å². The van der Waals surface area contributed by atoms with E-state index >= 15 is 0 Å². The summed E-state index contributed by atoms with van der Waals surface area (Å²) < 4.78 is 1.51. The number of aromatic nitrogens is 5. The molecular formula is C11H15N7O. The summed E-state index contributed by atoms with van der Waals surface area (Å²) in [7, 11) is 0. The van der Waals surface area contributed by atoms with Crippen LogP contribution < -0.4 is 11.1 Å². The lowest BCUT2D eigenvalue weighted by molar-refractivity contribution is 0.102. The molecule has 0 saturated carbocycles. The molecule has 0 spiro atoms. The first kappa shape index (κ1) is 13.1. The highest BCUT2D eigenvalue weighted by molar-refractivity contribution is 6.01. The maximum atomic E-state index is 11.9. The molecule has 0 saturated heterocycles. The smallest absolute Gasteiger partial charge is 0.280 e. The third-order valence-electron chi connectivity index (χ3n) is 2.34. The van der Waals surface area contributed by atoms with Crippen LogP contribution in [0.5, 0.6) is 0 Å². The van der Waals surface area contributed by atoms with Crippen LogP contribution in [-0.4, -0.2) is 37.4 Å². The molecule has 1 amide bonds. The molecule has 2 heterocycles. The van der Waals surface area contributed by atoms with Crippen LogP contribution in [0.1, 0.15) is 21.9 Å². The number of nitrogens with one attached hydrogen (secondary N) is 1. The first-order chi connectivity index (χ1) is 9.08. The second kappa shape index (κ2) is 5.53. The highest BCUT2D eigenvalue weighted by Crippen LogP contribution is 2.05. The summed E-state index contributed by atoms with van der Waals surface area (Å²) >= 11 is 0. The van der Waals surface area contributed by atoms with Gasteiger partial charge >= 0.3 is 0 Å². The fourth-order valence-corrected chi connectivity index (χ4v) is 1.59. The molecule has 2 aromatic heterocycles. The van der Waals surface area contributed by atoms with Gasteiger partial charge in [0.2, 0.25) is 5.95 Å². The number of nitrogens with two attached hydrogens (primary N) is 1. The van der Waals surface area contributed by atoms with E-state index in [-0.39, 0.29) is 11.6 Å². The van der Waals surface area contributed by atoms with Crippen LogP contribution in [0.25, 0.3) is 0 Å². The van der Waals surface area contributed by atoms with Crippen LogP contribution in [0.3, 0.4) is 0 Å². The molecule has 0 aliphatic carbocycles. The third kappa shape index (κ3) is 3.32. The fourth-order valence-electron chi connectivity index (χ4n) is 1.59. The summed E-state index contributed by atoms with van der Waals surface area (Å²) in [4.78, 5) is 20.2. The van der Waals surface area contributed by atoms with Crippen LogP contribution in [0.15, 0.2) is 12.3 Å². The number of carbonyl (C=O) groups is 1. The first-order valence-corrected chi connectivity index (χ1v) is 5.82. The summed E-state index contributed by atoms with van der Waals surface area (Å²) in [6.07, 6.45) is 1.53. The van der Waals surface area contributed by atoms with Crippen LogP contribution >= 0.6 is 0 Å². The van der Waals surface area contributed by atoms with Gasteiger partial charge in [0, 0.05) is 17.9 Å². The highest BCUT2D eigenvalue weighted by atomic mass is 16.2. The topological polar surface area (TPSA) is 112 Å². The molecule has 0 bridgehead atoms. The lowest BCUT2D eigenvalue weighted by atomic mass is 10.3. The summed E-state index contributed by atoms with van der Waals surface area (Å²) in [6.45, 7) is 4.62. The Morgan fingerprint density at radius 2 is 2.05 bits per heavy atom. The van der Waals surface area contributed by atoms with Crippen molar-refractivity contribution in [3.05, 3.63) is 29.3 Å². The van der Waals surface area contributed by atoms with Crippen LogP contribution in [-0.2, 0) is 6.54 Å². The van der Waals surface area contributed by atoms with Gasteiger partial charge in [-0.3, -0.25) is 14.8 Å².